The molecule has 0 spiro atoms. The fourth-order valence-electron chi connectivity index (χ4n) is 2.10. The van der Waals surface area contributed by atoms with Gasteiger partial charge in [-0.2, -0.15) is 0 Å². The fraction of sp³-hybridized carbons (Fsp3) is 0.429. The summed E-state index contributed by atoms with van der Waals surface area (Å²) in [4.78, 5) is 22.5. The van der Waals surface area contributed by atoms with Crippen molar-refractivity contribution >= 4 is 11.9 Å². The summed E-state index contributed by atoms with van der Waals surface area (Å²) >= 11 is 0. The first-order valence-electron chi connectivity index (χ1n) is 6.36. The second-order valence-electron chi connectivity index (χ2n) is 4.56. The van der Waals surface area contributed by atoms with E-state index < -0.39 is 18.2 Å². The van der Waals surface area contributed by atoms with E-state index in [0.717, 1.165) is 12.0 Å². The Hall–Kier alpha value is -1.88. The van der Waals surface area contributed by atoms with Gasteiger partial charge in [0.2, 0.25) is 5.91 Å². The van der Waals surface area contributed by atoms with Crippen molar-refractivity contribution in [2.24, 2.45) is 0 Å². The van der Waals surface area contributed by atoms with Crippen LogP contribution >= 0.6 is 0 Å². The minimum atomic E-state index is -1.00. The van der Waals surface area contributed by atoms with Crippen LogP contribution in [-0.2, 0) is 20.7 Å². The maximum Gasteiger partial charge on any atom is 0.332 e. The number of carboxylic acids is 1. The highest BCUT2D eigenvalue weighted by atomic mass is 16.5. The monoisotopic (exact) mass is 263 g/mol. The topological polar surface area (TPSA) is 75.6 Å². The van der Waals surface area contributed by atoms with Gasteiger partial charge in [0, 0.05) is 6.54 Å². The molecule has 5 heteroatoms. The summed E-state index contributed by atoms with van der Waals surface area (Å²) in [6, 6.07) is 9.85. The number of carbonyl (C=O) groups excluding carboxylic acids is 1. The van der Waals surface area contributed by atoms with Crippen molar-refractivity contribution in [2.75, 3.05) is 6.54 Å². The van der Waals surface area contributed by atoms with E-state index >= 15 is 0 Å². The zero-order valence-electron chi connectivity index (χ0n) is 10.5. The van der Waals surface area contributed by atoms with Gasteiger partial charge in [0.15, 0.2) is 6.10 Å². The predicted molar refractivity (Wildman–Crippen MR) is 68.7 cm³/mol. The Kier molecular flexibility index (Phi) is 4.52. The van der Waals surface area contributed by atoms with Gasteiger partial charge in [-0.25, -0.2) is 4.79 Å². The number of aliphatic carboxylic acids is 1. The lowest BCUT2D eigenvalue weighted by atomic mass is 10.1. The highest BCUT2D eigenvalue weighted by Crippen LogP contribution is 2.19. The van der Waals surface area contributed by atoms with Crippen molar-refractivity contribution < 1.29 is 19.4 Å². The molecule has 0 aliphatic carbocycles. The number of benzene rings is 1. The van der Waals surface area contributed by atoms with E-state index in [1.807, 2.05) is 30.3 Å². The van der Waals surface area contributed by atoms with Gasteiger partial charge in [-0.1, -0.05) is 30.3 Å². The molecule has 0 aromatic heterocycles. The molecule has 1 aromatic carbocycles. The molecule has 2 N–H and O–H groups in total. The number of hydrogen-bond acceptors (Lipinski definition) is 3. The molecule has 1 aromatic rings. The molecular formula is C14H17NO4. The summed E-state index contributed by atoms with van der Waals surface area (Å²) < 4.78 is 5.18. The van der Waals surface area contributed by atoms with Crippen LogP contribution in [0.3, 0.4) is 0 Å². The van der Waals surface area contributed by atoms with Crippen molar-refractivity contribution in [1.82, 2.24) is 5.32 Å². The van der Waals surface area contributed by atoms with E-state index in [2.05, 4.69) is 5.32 Å². The molecule has 0 saturated carbocycles. The van der Waals surface area contributed by atoms with Crippen LogP contribution in [0, 0.1) is 0 Å². The number of carboxylic acid groups (broad SMARTS) is 1. The van der Waals surface area contributed by atoms with Crippen molar-refractivity contribution in [3.05, 3.63) is 35.9 Å². The molecular weight excluding hydrogens is 246 g/mol. The molecule has 1 saturated heterocycles. The van der Waals surface area contributed by atoms with Crippen LogP contribution in [0.2, 0.25) is 0 Å². The summed E-state index contributed by atoms with van der Waals surface area (Å²) in [6.45, 7) is 0.528. The average molecular weight is 263 g/mol. The van der Waals surface area contributed by atoms with E-state index in [-0.39, 0.29) is 5.91 Å². The molecule has 1 aliphatic rings. The molecule has 1 heterocycles. The van der Waals surface area contributed by atoms with Gasteiger partial charge in [-0.05, 0) is 24.8 Å². The molecule has 19 heavy (non-hydrogen) atoms. The van der Waals surface area contributed by atoms with Crippen LogP contribution in [-0.4, -0.2) is 35.7 Å². The van der Waals surface area contributed by atoms with E-state index in [1.165, 1.54) is 0 Å². The van der Waals surface area contributed by atoms with Gasteiger partial charge in [-0.3, -0.25) is 4.79 Å². The third-order valence-electron chi connectivity index (χ3n) is 3.14. The number of amides is 1. The predicted octanol–water partition coefficient (Wildman–Crippen LogP) is 0.977. The molecule has 2 atom stereocenters. The largest absolute Gasteiger partial charge is 0.479 e. The number of nitrogens with one attached hydrogen (secondary N) is 1. The lowest BCUT2D eigenvalue weighted by Gasteiger charge is -2.11. The molecule has 0 radical (unpaired) electrons. The summed E-state index contributed by atoms with van der Waals surface area (Å²) in [7, 11) is 0. The van der Waals surface area contributed by atoms with Crippen LogP contribution in [0.15, 0.2) is 30.3 Å². The van der Waals surface area contributed by atoms with E-state index in [9.17, 15) is 9.59 Å². The highest BCUT2D eigenvalue weighted by molar-refractivity contribution is 5.82. The van der Waals surface area contributed by atoms with Crippen molar-refractivity contribution in [2.45, 2.75) is 31.5 Å². The molecule has 1 fully saturated rings. The van der Waals surface area contributed by atoms with Gasteiger partial charge in [0.1, 0.15) is 6.10 Å². The molecule has 102 valence electrons. The molecule has 0 bridgehead atoms. The summed E-state index contributed by atoms with van der Waals surface area (Å²) in [6.07, 6.45) is 0.142. The normalized spacial score (nSPS) is 22.1. The molecule has 0 unspecified atom stereocenters. The first kappa shape index (κ1) is 13.5. The number of carbonyl (C=O) groups is 2. The van der Waals surface area contributed by atoms with Crippen LogP contribution in [0.4, 0.5) is 0 Å². The zero-order chi connectivity index (χ0) is 13.7. The summed E-state index contributed by atoms with van der Waals surface area (Å²) in [5.41, 5.74) is 1.15. The third kappa shape index (κ3) is 3.79. The first-order chi connectivity index (χ1) is 9.16. The van der Waals surface area contributed by atoms with Crippen LogP contribution in [0.1, 0.15) is 18.4 Å². The second-order valence-corrected chi connectivity index (χ2v) is 4.56. The van der Waals surface area contributed by atoms with E-state index in [1.54, 1.807) is 0 Å². The minimum absolute atomic E-state index is 0.223. The Morgan fingerprint density at radius 2 is 1.89 bits per heavy atom. The van der Waals surface area contributed by atoms with Crippen LogP contribution in [0.5, 0.6) is 0 Å². The number of ether oxygens (including phenoxy) is 1. The van der Waals surface area contributed by atoms with Gasteiger partial charge >= 0.3 is 5.97 Å². The maximum absolute atomic E-state index is 11.8. The van der Waals surface area contributed by atoms with Crippen molar-refractivity contribution in [3.63, 3.8) is 0 Å². The minimum Gasteiger partial charge on any atom is -0.479 e. The standard InChI is InChI=1S/C14H17NO4/c16-13(11-6-7-12(19-11)14(17)18)15-9-8-10-4-2-1-3-5-10/h1-5,11-12H,6-9H2,(H,15,16)(H,17,18)/t11-,12+/m0/s1. The lowest BCUT2D eigenvalue weighted by molar-refractivity contribution is -0.151. The van der Waals surface area contributed by atoms with Crippen LogP contribution in [0.25, 0.3) is 0 Å². The SMILES string of the molecule is O=C(NCCc1ccccc1)[C@@H]1CC[C@H](C(=O)O)O1. The maximum atomic E-state index is 11.8. The van der Waals surface area contributed by atoms with Gasteiger partial charge in [0.25, 0.3) is 0 Å². The zero-order valence-corrected chi connectivity index (χ0v) is 10.5. The Morgan fingerprint density at radius 1 is 1.21 bits per heavy atom. The number of hydrogen-bond donors (Lipinski definition) is 2. The van der Waals surface area contributed by atoms with Gasteiger partial charge in [-0.15, -0.1) is 0 Å². The van der Waals surface area contributed by atoms with Gasteiger partial charge < -0.3 is 15.2 Å². The number of rotatable bonds is 5. The molecule has 2 rings (SSSR count). The molecule has 1 amide bonds. The summed E-state index contributed by atoms with van der Waals surface area (Å²) in [5.74, 6) is -1.22. The Balaban J connectivity index is 1.72. The van der Waals surface area contributed by atoms with E-state index in [4.69, 9.17) is 9.84 Å². The Labute approximate surface area is 111 Å². The van der Waals surface area contributed by atoms with Crippen molar-refractivity contribution in [1.29, 1.82) is 0 Å². The van der Waals surface area contributed by atoms with E-state index in [0.29, 0.717) is 19.4 Å². The Morgan fingerprint density at radius 3 is 2.53 bits per heavy atom. The van der Waals surface area contributed by atoms with Crippen LogP contribution < -0.4 is 5.32 Å². The van der Waals surface area contributed by atoms with Gasteiger partial charge in [0.05, 0.1) is 0 Å². The molecule has 5 nitrogen and oxygen atoms in total. The first-order valence-corrected chi connectivity index (χ1v) is 6.36. The second kappa shape index (κ2) is 6.33. The summed E-state index contributed by atoms with van der Waals surface area (Å²) in [5, 5.41) is 11.6. The fourth-order valence-corrected chi connectivity index (χ4v) is 2.10. The van der Waals surface area contributed by atoms with Crippen molar-refractivity contribution in [3.8, 4) is 0 Å². The average Bonchev–Trinajstić information content (AvgIpc) is 2.89. The lowest BCUT2D eigenvalue weighted by Crippen LogP contribution is -2.36. The Bertz CT molecular complexity index is 446. The third-order valence-corrected chi connectivity index (χ3v) is 3.14. The quantitative estimate of drug-likeness (QED) is 0.830. The smallest absolute Gasteiger partial charge is 0.332 e. The molecule has 1 aliphatic heterocycles. The highest BCUT2D eigenvalue weighted by Gasteiger charge is 2.34.